The lowest BCUT2D eigenvalue weighted by Crippen LogP contribution is -2.52. The smallest absolute Gasteiger partial charge is 0.422 e. The fourth-order valence-electron chi connectivity index (χ4n) is 3.11. The number of nitrogens with one attached hydrogen (secondary N) is 1. The third-order valence-electron chi connectivity index (χ3n) is 4.61. The van der Waals surface area contributed by atoms with E-state index in [9.17, 15) is 45.8 Å². The first kappa shape index (κ1) is 26.7. The number of hydrazine groups is 1. The number of amides is 1. The molecule has 0 fully saturated rings. The molecule has 2 heterocycles. The van der Waals surface area contributed by atoms with Crippen LogP contribution in [0, 0.1) is 6.92 Å². The molecule has 1 amide bonds. The monoisotopic (exact) mass is 504 g/mol. The second-order valence-corrected chi connectivity index (χ2v) is 9.34. The van der Waals surface area contributed by atoms with E-state index in [0.717, 1.165) is 16.3 Å². The standard InChI is InChI=1S/C18H22F6N4O4S/c1-9-10(7-25-28(15(31)32)16(2,3)4)33-13-11(9)12(29)27(8-18(22,23)24)14(30)26(13)6-5-17(19,20)21/h25H,5-8H2,1-4H3,(H,31,32). The van der Waals surface area contributed by atoms with Crippen molar-refractivity contribution in [3.05, 3.63) is 31.3 Å². The maximum absolute atomic E-state index is 13.0. The zero-order valence-electron chi connectivity index (χ0n) is 18.0. The number of alkyl halides is 6. The summed E-state index contributed by atoms with van der Waals surface area (Å²) in [6, 6.07) is 0. The quantitative estimate of drug-likeness (QED) is 0.461. The van der Waals surface area contributed by atoms with E-state index in [1.54, 1.807) is 20.8 Å². The second kappa shape index (κ2) is 9.00. The van der Waals surface area contributed by atoms with Gasteiger partial charge in [-0.25, -0.2) is 20.0 Å². The zero-order valence-corrected chi connectivity index (χ0v) is 18.8. The fraction of sp³-hybridized carbons (Fsp3) is 0.611. The Bertz CT molecular complexity index is 1160. The number of fused-ring (bicyclic) bond motifs is 1. The van der Waals surface area contributed by atoms with Gasteiger partial charge in [0, 0.05) is 11.4 Å². The molecular weight excluding hydrogens is 482 g/mol. The molecule has 0 aliphatic carbocycles. The molecule has 2 rings (SSSR count). The van der Waals surface area contributed by atoms with Crippen molar-refractivity contribution in [2.24, 2.45) is 0 Å². The number of carboxylic acid groups (broad SMARTS) is 1. The summed E-state index contributed by atoms with van der Waals surface area (Å²) in [4.78, 5) is 36.9. The van der Waals surface area contributed by atoms with Gasteiger partial charge >= 0.3 is 24.1 Å². The summed E-state index contributed by atoms with van der Waals surface area (Å²) in [6.07, 6.45) is -12.5. The topological polar surface area (TPSA) is 96.6 Å². The lowest BCUT2D eigenvalue weighted by molar-refractivity contribution is -0.143. The number of thiophene rings is 1. The minimum absolute atomic E-state index is 0.131. The number of carbonyl (C=O) groups is 1. The summed E-state index contributed by atoms with van der Waals surface area (Å²) in [5, 5.41) is 9.92. The van der Waals surface area contributed by atoms with E-state index < -0.39 is 54.7 Å². The number of nitrogens with zero attached hydrogens (tertiary/aromatic N) is 3. The van der Waals surface area contributed by atoms with E-state index in [0.29, 0.717) is 4.57 Å². The summed E-state index contributed by atoms with van der Waals surface area (Å²) in [6.45, 7) is 3.03. The Morgan fingerprint density at radius 1 is 1.06 bits per heavy atom. The van der Waals surface area contributed by atoms with Crippen molar-refractivity contribution < 1.29 is 36.2 Å². The third-order valence-corrected chi connectivity index (χ3v) is 5.92. The predicted molar refractivity (Wildman–Crippen MR) is 108 cm³/mol. The second-order valence-electron chi connectivity index (χ2n) is 8.26. The van der Waals surface area contributed by atoms with Crippen LogP contribution in [0.25, 0.3) is 10.2 Å². The molecule has 0 bridgehead atoms. The molecular formula is C18H22F6N4O4S. The van der Waals surface area contributed by atoms with Crippen LogP contribution in [0.15, 0.2) is 9.59 Å². The molecule has 0 aliphatic heterocycles. The van der Waals surface area contributed by atoms with E-state index in [1.807, 2.05) is 0 Å². The summed E-state index contributed by atoms with van der Waals surface area (Å²) in [5.41, 5.74) is -0.894. The van der Waals surface area contributed by atoms with Crippen LogP contribution in [0.3, 0.4) is 0 Å². The molecule has 2 aromatic heterocycles. The highest BCUT2D eigenvalue weighted by Crippen LogP contribution is 2.30. The van der Waals surface area contributed by atoms with Gasteiger partial charge in [0.2, 0.25) is 0 Å². The molecule has 0 aromatic carbocycles. The van der Waals surface area contributed by atoms with Gasteiger partial charge in [0.05, 0.1) is 23.9 Å². The van der Waals surface area contributed by atoms with E-state index >= 15 is 0 Å². The molecule has 0 saturated heterocycles. The molecule has 33 heavy (non-hydrogen) atoms. The number of rotatable bonds is 6. The number of halogens is 6. The molecule has 15 heteroatoms. The van der Waals surface area contributed by atoms with Crippen LogP contribution in [0.1, 0.15) is 37.6 Å². The van der Waals surface area contributed by atoms with Crippen molar-refractivity contribution >= 4 is 27.6 Å². The summed E-state index contributed by atoms with van der Waals surface area (Å²) < 4.78 is 77.6. The molecule has 186 valence electrons. The SMILES string of the molecule is Cc1c(CNN(C(=O)O)C(C)(C)C)sc2c1c(=O)n(CC(F)(F)F)c(=O)n2CCC(F)(F)F. The largest absolute Gasteiger partial charge is 0.464 e. The fourth-order valence-corrected chi connectivity index (χ4v) is 4.35. The minimum atomic E-state index is -4.96. The van der Waals surface area contributed by atoms with Crippen molar-refractivity contribution in [3.8, 4) is 0 Å². The van der Waals surface area contributed by atoms with Crippen LogP contribution in [-0.2, 0) is 19.6 Å². The zero-order chi connectivity index (χ0) is 25.5. The highest BCUT2D eigenvalue weighted by atomic mass is 32.1. The Labute approximate surface area is 187 Å². The molecule has 0 radical (unpaired) electrons. The normalized spacial score (nSPS) is 13.0. The summed E-state index contributed by atoms with van der Waals surface area (Å²) in [7, 11) is 0. The van der Waals surface area contributed by atoms with Crippen molar-refractivity contribution in [2.75, 3.05) is 0 Å². The van der Waals surface area contributed by atoms with Crippen LogP contribution in [0.5, 0.6) is 0 Å². The van der Waals surface area contributed by atoms with Crippen molar-refractivity contribution in [1.29, 1.82) is 0 Å². The molecule has 0 unspecified atom stereocenters. The van der Waals surface area contributed by atoms with Crippen molar-refractivity contribution in [3.63, 3.8) is 0 Å². The van der Waals surface area contributed by atoms with E-state index in [2.05, 4.69) is 5.43 Å². The van der Waals surface area contributed by atoms with Gasteiger partial charge in [-0.05, 0) is 33.3 Å². The Kier molecular flexibility index (Phi) is 7.29. The number of aryl methyl sites for hydroxylation is 2. The van der Waals surface area contributed by atoms with Crippen molar-refractivity contribution in [1.82, 2.24) is 19.6 Å². The number of hydrogen-bond acceptors (Lipinski definition) is 5. The van der Waals surface area contributed by atoms with Crippen LogP contribution in [-0.4, -0.2) is 43.2 Å². The molecule has 2 aromatic rings. The van der Waals surface area contributed by atoms with Gasteiger partial charge in [-0.1, -0.05) is 0 Å². The van der Waals surface area contributed by atoms with Crippen LogP contribution in [0.2, 0.25) is 0 Å². The minimum Gasteiger partial charge on any atom is -0.464 e. The molecule has 0 saturated carbocycles. The Balaban J connectivity index is 2.67. The third kappa shape index (κ3) is 6.28. The summed E-state index contributed by atoms with van der Waals surface area (Å²) >= 11 is 0.739. The van der Waals surface area contributed by atoms with Crippen LogP contribution in [0.4, 0.5) is 31.1 Å². The molecule has 8 nitrogen and oxygen atoms in total. The highest BCUT2D eigenvalue weighted by molar-refractivity contribution is 7.18. The molecule has 0 atom stereocenters. The number of aromatic nitrogens is 2. The maximum Gasteiger partial charge on any atom is 0.422 e. The first-order chi connectivity index (χ1) is 14.8. The lowest BCUT2D eigenvalue weighted by atomic mass is 10.1. The average Bonchev–Trinajstić information content (AvgIpc) is 2.92. The van der Waals surface area contributed by atoms with Crippen LogP contribution < -0.4 is 16.7 Å². The van der Waals surface area contributed by atoms with Crippen LogP contribution >= 0.6 is 11.3 Å². The van der Waals surface area contributed by atoms with Gasteiger partial charge in [0.1, 0.15) is 11.4 Å². The maximum atomic E-state index is 13.0. The first-order valence-corrected chi connectivity index (χ1v) is 10.3. The predicted octanol–water partition coefficient (Wildman–Crippen LogP) is 3.83. The Morgan fingerprint density at radius 3 is 2.09 bits per heavy atom. The van der Waals surface area contributed by atoms with Gasteiger partial charge in [-0.15, -0.1) is 11.3 Å². The average molecular weight is 504 g/mol. The van der Waals surface area contributed by atoms with Gasteiger partial charge in [-0.3, -0.25) is 13.9 Å². The van der Waals surface area contributed by atoms with E-state index in [1.165, 1.54) is 6.92 Å². The summed E-state index contributed by atoms with van der Waals surface area (Å²) in [5.74, 6) is 0. The van der Waals surface area contributed by atoms with Gasteiger partial charge < -0.3 is 5.11 Å². The van der Waals surface area contributed by atoms with Crippen molar-refractivity contribution in [2.45, 2.75) is 71.6 Å². The molecule has 2 N–H and O–H groups in total. The van der Waals surface area contributed by atoms with Gasteiger partial charge in [0.15, 0.2) is 0 Å². The first-order valence-electron chi connectivity index (χ1n) is 9.49. The Morgan fingerprint density at radius 2 is 1.64 bits per heavy atom. The van der Waals surface area contributed by atoms with Gasteiger partial charge in [0.25, 0.3) is 5.56 Å². The highest BCUT2D eigenvalue weighted by Gasteiger charge is 2.33. The molecule has 0 aliphatic rings. The van der Waals surface area contributed by atoms with Gasteiger partial charge in [-0.2, -0.15) is 26.3 Å². The Hall–Kier alpha value is -2.55. The molecule has 0 spiro atoms. The van der Waals surface area contributed by atoms with E-state index in [-0.39, 0.29) is 31.8 Å². The van der Waals surface area contributed by atoms with E-state index in [4.69, 9.17) is 0 Å². The number of hydrogen-bond donors (Lipinski definition) is 2. The lowest BCUT2D eigenvalue weighted by Gasteiger charge is -2.33.